The standard InChI is InChI=1S/C16H21F3N2/c17-13-6-15(19)14(18)5-12(13)16(7-20)21(8-10-1-2-10)9-11-3-4-11/h5-6,10-11,16H,1-4,7-9,20H2. The molecule has 2 N–H and O–H groups in total. The Kier molecular flexibility index (Phi) is 4.22. The van der Waals surface area contributed by atoms with Gasteiger partial charge in [0.2, 0.25) is 0 Å². The lowest BCUT2D eigenvalue weighted by molar-refractivity contribution is 0.181. The molecular weight excluding hydrogens is 277 g/mol. The Hall–Kier alpha value is -1.07. The quantitative estimate of drug-likeness (QED) is 0.783. The lowest BCUT2D eigenvalue weighted by atomic mass is 10.0. The van der Waals surface area contributed by atoms with E-state index in [4.69, 9.17) is 5.73 Å². The van der Waals surface area contributed by atoms with E-state index in [9.17, 15) is 13.2 Å². The van der Waals surface area contributed by atoms with Crippen LogP contribution in [0.2, 0.25) is 0 Å². The van der Waals surface area contributed by atoms with Crippen molar-refractivity contribution in [1.29, 1.82) is 0 Å². The molecule has 2 fully saturated rings. The maximum Gasteiger partial charge on any atom is 0.161 e. The first-order valence-corrected chi connectivity index (χ1v) is 7.67. The molecular formula is C16H21F3N2. The van der Waals surface area contributed by atoms with Gasteiger partial charge in [-0.15, -0.1) is 0 Å². The maximum atomic E-state index is 14.0. The summed E-state index contributed by atoms with van der Waals surface area (Å²) in [4.78, 5) is 2.17. The zero-order chi connectivity index (χ0) is 15.0. The summed E-state index contributed by atoms with van der Waals surface area (Å²) in [6.07, 6.45) is 4.77. The minimum Gasteiger partial charge on any atom is -0.329 e. The number of rotatable bonds is 7. The number of benzene rings is 1. The van der Waals surface area contributed by atoms with Crippen LogP contribution in [0.15, 0.2) is 12.1 Å². The third kappa shape index (κ3) is 3.58. The zero-order valence-electron chi connectivity index (χ0n) is 12.0. The molecule has 0 spiro atoms. The fourth-order valence-corrected chi connectivity index (χ4v) is 2.86. The Morgan fingerprint density at radius 3 is 1.95 bits per heavy atom. The van der Waals surface area contributed by atoms with E-state index in [0.717, 1.165) is 19.2 Å². The number of hydrogen-bond acceptors (Lipinski definition) is 2. The number of hydrogen-bond donors (Lipinski definition) is 1. The zero-order valence-corrected chi connectivity index (χ0v) is 12.0. The van der Waals surface area contributed by atoms with E-state index < -0.39 is 17.5 Å². The number of halogens is 3. The fourth-order valence-electron chi connectivity index (χ4n) is 2.86. The van der Waals surface area contributed by atoms with Crippen molar-refractivity contribution >= 4 is 0 Å². The molecule has 2 aliphatic carbocycles. The van der Waals surface area contributed by atoms with Crippen LogP contribution in [0.1, 0.15) is 37.3 Å². The molecule has 1 unspecified atom stereocenters. The molecule has 0 aliphatic heterocycles. The Bertz CT molecular complexity index is 498. The van der Waals surface area contributed by atoms with Crippen LogP contribution in [0.4, 0.5) is 13.2 Å². The van der Waals surface area contributed by atoms with Crippen LogP contribution in [-0.2, 0) is 0 Å². The van der Waals surface area contributed by atoms with E-state index in [1.54, 1.807) is 0 Å². The van der Waals surface area contributed by atoms with Gasteiger partial charge in [-0.2, -0.15) is 0 Å². The molecule has 0 amide bonds. The molecule has 21 heavy (non-hydrogen) atoms. The normalized spacial score (nSPS) is 20.0. The summed E-state index contributed by atoms with van der Waals surface area (Å²) in [5.74, 6) is -1.58. The van der Waals surface area contributed by atoms with Crippen molar-refractivity contribution in [3.05, 3.63) is 35.1 Å². The van der Waals surface area contributed by atoms with Crippen LogP contribution < -0.4 is 5.73 Å². The van der Waals surface area contributed by atoms with E-state index in [0.29, 0.717) is 17.9 Å². The molecule has 2 aliphatic rings. The first-order chi connectivity index (χ1) is 10.1. The average Bonchev–Trinajstić information content (AvgIpc) is 3.32. The molecule has 1 aromatic carbocycles. The lowest BCUT2D eigenvalue weighted by Gasteiger charge is -2.31. The second-order valence-corrected chi connectivity index (χ2v) is 6.38. The highest BCUT2D eigenvalue weighted by Crippen LogP contribution is 2.37. The van der Waals surface area contributed by atoms with Gasteiger partial charge in [-0.05, 0) is 43.6 Å². The van der Waals surface area contributed by atoms with Crippen molar-refractivity contribution in [3.63, 3.8) is 0 Å². The van der Waals surface area contributed by atoms with E-state index in [2.05, 4.69) is 4.90 Å². The average molecular weight is 298 g/mol. The van der Waals surface area contributed by atoms with Gasteiger partial charge < -0.3 is 5.73 Å². The summed E-state index contributed by atoms with van der Waals surface area (Å²) in [5.41, 5.74) is 6.01. The Labute approximate surface area is 123 Å². The van der Waals surface area contributed by atoms with Crippen molar-refractivity contribution in [2.24, 2.45) is 17.6 Å². The third-order valence-corrected chi connectivity index (χ3v) is 4.44. The lowest BCUT2D eigenvalue weighted by Crippen LogP contribution is -2.37. The van der Waals surface area contributed by atoms with E-state index in [-0.39, 0.29) is 18.2 Å². The third-order valence-electron chi connectivity index (χ3n) is 4.44. The molecule has 3 rings (SSSR count). The fraction of sp³-hybridized carbons (Fsp3) is 0.625. The van der Waals surface area contributed by atoms with Crippen molar-refractivity contribution < 1.29 is 13.2 Å². The minimum atomic E-state index is -1.15. The summed E-state index contributed by atoms with van der Waals surface area (Å²) in [7, 11) is 0. The van der Waals surface area contributed by atoms with Gasteiger partial charge in [-0.25, -0.2) is 13.2 Å². The highest BCUT2D eigenvalue weighted by atomic mass is 19.2. The van der Waals surface area contributed by atoms with Crippen LogP contribution in [-0.4, -0.2) is 24.5 Å². The molecule has 116 valence electrons. The van der Waals surface area contributed by atoms with Crippen LogP contribution in [0.3, 0.4) is 0 Å². The van der Waals surface area contributed by atoms with E-state index in [1.165, 1.54) is 25.7 Å². The van der Waals surface area contributed by atoms with Gasteiger partial charge in [-0.3, -0.25) is 4.90 Å². The van der Waals surface area contributed by atoms with Gasteiger partial charge in [-0.1, -0.05) is 0 Å². The number of nitrogens with two attached hydrogens (primary N) is 1. The second-order valence-electron chi connectivity index (χ2n) is 6.38. The summed E-state index contributed by atoms with van der Waals surface area (Å²) in [5, 5.41) is 0. The van der Waals surface area contributed by atoms with E-state index in [1.807, 2.05) is 0 Å². The SMILES string of the molecule is NCC(c1cc(F)c(F)cc1F)N(CC1CC1)CC1CC1. The smallest absolute Gasteiger partial charge is 0.161 e. The predicted molar refractivity (Wildman–Crippen MR) is 75.1 cm³/mol. The Balaban J connectivity index is 1.84. The van der Waals surface area contributed by atoms with Gasteiger partial charge in [0.25, 0.3) is 0 Å². The Morgan fingerprint density at radius 2 is 1.48 bits per heavy atom. The van der Waals surface area contributed by atoms with Crippen molar-refractivity contribution in [2.75, 3.05) is 19.6 Å². The topological polar surface area (TPSA) is 29.3 Å². The van der Waals surface area contributed by atoms with Crippen LogP contribution in [0.5, 0.6) is 0 Å². The summed E-state index contributed by atoms with van der Waals surface area (Å²) >= 11 is 0. The molecule has 1 aromatic rings. The van der Waals surface area contributed by atoms with Crippen molar-refractivity contribution in [2.45, 2.75) is 31.7 Å². The minimum absolute atomic E-state index is 0.178. The van der Waals surface area contributed by atoms with Gasteiger partial charge in [0.1, 0.15) is 5.82 Å². The first kappa shape index (κ1) is 14.9. The molecule has 0 saturated heterocycles. The summed E-state index contributed by atoms with van der Waals surface area (Å²) < 4.78 is 40.6. The molecule has 5 heteroatoms. The summed E-state index contributed by atoms with van der Waals surface area (Å²) in [6, 6.07) is 1.22. The number of nitrogens with zero attached hydrogens (tertiary/aromatic N) is 1. The Morgan fingerprint density at radius 1 is 0.952 bits per heavy atom. The molecule has 1 atom stereocenters. The molecule has 0 bridgehead atoms. The molecule has 0 radical (unpaired) electrons. The van der Waals surface area contributed by atoms with Crippen LogP contribution in [0.25, 0.3) is 0 Å². The molecule has 2 nitrogen and oxygen atoms in total. The van der Waals surface area contributed by atoms with Crippen molar-refractivity contribution in [1.82, 2.24) is 4.90 Å². The highest BCUT2D eigenvalue weighted by molar-refractivity contribution is 5.24. The molecule has 0 heterocycles. The van der Waals surface area contributed by atoms with Crippen molar-refractivity contribution in [3.8, 4) is 0 Å². The van der Waals surface area contributed by atoms with E-state index >= 15 is 0 Å². The van der Waals surface area contributed by atoms with Crippen LogP contribution in [0, 0.1) is 29.3 Å². The van der Waals surface area contributed by atoms with Crippen LogP contribution >= 0.6 is 0 Å². The maximum absolute atomic E-state index is 14.0. The molecule has 2 saturated carbocycles. The van der Waals surface area contributed by atoms with Gasteiger partial charge in [0, 0.05) is 31.3 Å². The van der Waals surface area contributed by atoms with Gasteiger partial charge in [0.05, 0.1) is 6.04 Å². The summed E-state index contributed by atoms with van der Waals surface area (Å²) in [6.45, 7) is 1.95. The van der Waals surface area contributed by atoms with Gasteiger partial charge in [0.15, 0.2) is 11.6 Å². The highest BCUT2D eigenvalue weighted by Gasteiger charge is 2.33. The predicted octanol–water partition coefficient (Wildman–Crippen LogP) is 3.23. The monoisotopic (exact) mass is 298 g/mol. The first-order valence-electron chi connectivity index (χ1n) is 7.67. The largest absolute Gasteiger partial charge is 0.329 e. The molecule has 0 aromatic heterocycles. The van der Waals surface area contributed by atoms with Gasteiger partial charge >= 0.3 is 0 Å². The second kappa shape index (κ2) is 5.97.